The van der Waals surface area contributed by atoms with Crippen LogP contribution in [0.15, 0.2) is 18.2 Å². The summed E-state index contributed by atoms with van der Waals surface area (Å²) in [6.45, 7) is 8.34. The summed E-state index contributed by atoms with van der Waals surface area (Å²) in [5.74, 6) is -1.03. The van der Waals surface area contributed by atoms with E-state index in [4.69, 9.17) is 5.11 Å². The monoisotopic (exact) mass is 305 g/mol. The van der Waals surface area contributed by atoms with E-state index in [2.05, 4.69) is 36.2 Å². The molecule has 0 saturated carbocycles. The van der Waals surface area contributed by atoms with E-state index in [-0.39, 0.29) is 6.03 Å². The highest BCUT2D eigenvalue weighted by Crippen LogP contribution is 2.23. The van der Waals surface area contributed by atoms with Crippen LogP contribution in [0.3, 0.4) is 0 Å². The number of carboxylic acid groups (broad SMARTS) is 1. The maximum Gasteiger partial charge on any atom is 0.325 e. The van der Waals surface area contributed by atoms with Gasteiger partial charge in [0.05, 0.1) is 0 Å². The van der Waals surface area contributed by atoms with Crippen LogP contribution in [0.2, 0.25) is 0 Å². The molecule has 2 rings (SSSR count). The molecule has 6 heteroatoms. The first kappa shape index (κ1) is 16.1. The van der Waals surface area contributed by atoms with Crippen LogP contribution in [0.4, 0.5) is 10.5 Å². The minimum absolute atomic E-state index is 0.310. The van der Waals surface area contributed by atoms with Gasteiger partial charge in [-0.25, -0.2) is 4.79 Å². The predicted octanol–water partition coefficient (Wildman–Crippen LogP) is 1.61. The van der Waals surface area contributed by atoms with Gasteiger partial charge < -0.3 is 20.2 Å². The van der Waals surface area contributed by atoms with Gasteiger partial charge in [-0.2, -0.15) is 0 Å². The van der Waals surface area contributed by atoms with Gasteiger partial charge in [0.15, 0.2) is 0 Å². The smallest absolute Gasteiger partial charge is 0.325 e. The number of urea groups is 1. The average Bonchev–Trinajstić information content (AvgIpc) is 2.50. The fourth-order valence-corrected chi connectivity index (χ4v) is 2.57. The van der Waals surface area contributed by atoms with E-state index in [9.17, 15) is 9.59 Å². The number of hydrogen-bond donors (Lipinski definition) is 2. The molecular formula is C16H23N3O3. The maximum atomic E-state index is 12.0. The summed E-state index contributed by atoms with van der Waals surface area (Å²) in [6, 6.07) is 5.06. The molecule has 0 bridgehead atoms. The molecule has 1 unspecified atom stereocenters. The third kappa shape index (κ3) is 3.50. The lowest BCUT2D eigenvalue weighted by Gasteiger charge is -2.37. The Morgan fingerprint density at radius 2 is 1.82 bits per heavy atom. The zero-order valence-electron chi connectivity index (χ0n) is 13.3. The number of anilines is 1. The van der Waals surface area contributed by atoms with Crippen molar-refractivity contribution < 1.29 is 14.7 Å². The fourth-order valence-electron chi connectivity index (χ4n) is 2.57. The van der Waals surface area contributed by atoms with Gasteiger partial charge in [0.25, 0.3) is 0 Å². The molecule has 0 aliphatic carbocycles. The van der Waals surface area contributed by atoms with Gasteiger partial charge in [-0.1, -0.05) is 12.1 Å². The molecule has 120 valence electrons. The Bertz CT molecular complexity index is 566. The Balaban J connectivity index is 1.94. The van der Waals surface area contributed by atoms with E-state index in [1.807, 2.05) is 6.07 Å². The molecule has 1 saturated heterocycles. The number of piperazine rings is 1. The van der Waals surface area contributed by atoms with E-state index in [0.717, 1.165) is 13.1 Å². The molecule has 1 aliphatic heterocycles. The van der Waals surface area contributed by atoms with Gasteiger partial charge in [-0.15, -0.1) is 0 Å². The molecule has 22 heavy (non-hydrogen) atoms. The second kappa shape index (κ2) is 6.68. The summed E-state index contributed by atoms with van der Waals surface area (Å²) in [4.78, 5) is 26.7. The van der Waals surface area contributed by atoms with E-state index in [1.165, 1.54) is 23.7 Å². The summed E-state index contributed by atoms with van der Waals surface area (Å²) >= 11 is 0. The second-order valence-corrected chi connectivity index (χ2v) is 5.70. The standard InChI is InChI=1S/C16H23N3O3/c1-11-5-4-6-14(12(11)2)18-7-9-19(10-8-18)16(22)17-13(3)15(20)21/h4-6,13H,7-10H2,1-3H3,(H,17,22)(H,20,21). The van der Waals surface area contributed by atoms with Crippen molar-refractivity contribution in [3.05, 3.63) is 29.3 Å². The van der Waals surface area contributed by atoms with Gasteiger partial charge in [0.2, 0.25) is 0 Å². The number of aliphatic carboxylic acids is 1. The number of rotatable bonds is 3. The summed E-state index contributed by atoms with van der Waals surface area (Å²) in [6.07, 6.45) is 0. The van der Waals surface area contributed by atoms with Gasteiger partial charge >= 0.3 is 12.0 Å². The second-order valence-electron chi connectivity index (χ2n) is 5.70. The molecule has 1 aromatic carbocycles. The first-order chi connectivity index (χ1) is 10.4. The quantitative estimate of drug-likeness (QED) is 0.890. The van der Waals surface area contributed by atoms with Gasteiger partial charge in [0.1, 0.15) is 6.04 Å². The zero-order valence-corrected chi connectivity index (χ0v) is 13.3. The molecule has 0 radical (unpaired) electrons. The largest absolute Gasteiger partial charge is 0.480 e. The number of aryl methyl sites for hydroxylation is 1. The number of amides is 2. The molecular weight excluding hydrogens is 282 g/mol. The highest BCUT2D eigenvalue weighted by Gasteiger charge is 2.24. The molecule has 0 spiro atoms. The first-order valence-corrected chi connectivity index (χ1v) is 7.49. The average molecular weight is 305 g/mol. The van der Waals surface area contributed by atoms with Crippen LogP contribution >= 0.6 is 0 Å². The van der Waals surface area contributed by atoms with Crippen LogP contribution in [0.25, 0.3) is 0 Å². The molecule has 2 N–H and O–H groups in total. The number of nitrogens with zero attached hydrogens (tertiary/aromatic N) is 2. The van der Waals surface area contributed by atoms with E-state index >= 15 is 0 Å². The number of nitrogens with one attached hydrogen (secondary N) is 1. The molecule has 2 amide bonds. The maximum absolute atomic E-state index is 12.0. The summed E-state index contributed by atoms with van der Waals surface area (Å²) in [5.41, 5.74) is 3.73. The minimum Gasteiger partial charge on any atom is -0.480 e. The van der Waals surface area contributed by atoms with Gasteiger partial charge in [-0.3, -0.25) is 4.79 Å². The van der Waals surface area contributed by atoms with Crippen LogP contribution in [0, 0.1) is 13.8 Å². The van der Waals surface area contributed by atoms with Crippen LogP contribution in [0.5, 0.6) is 0 Å². The molecule has 1 atom stereocenters. The molecule has 6 nitrogen and oxygen atoms in total. The lowest BCUT2D eigenvalue weighted by Crippen LogP contribution is -2.54. The number of carbonyl (C=O) groups is 2. The first-order valence-electron chi connectivity index (χ1n) is 7.49. The highest BCUT2D eigenvalue weighted by molar-refractivity contribution is 5.82. The third-order valence-corrected chi connectivity index (χ3v) is 4.19. The zero-order chi connectivity index (χ0) is 16.3. The van der Waals surface area contributed by atoms with E-state index < -0.39 is 12.0 Å². The molecule has 1 heterocycles. The number of benzene rings is 1. The summed E-state index contributed by atoms with van der Waals surface area (Å²) in [5, 5.41) is 11.3. The number of hydrogen-bond acceptors (Lipinski definition) is 3. The van der Waals surface area contributed by atoms with E-state index in [1.54, 1.807) is 4.90 Å². The Morgan fingerprint density at radius 3 is 2.41 bits per heavy atom. The van der Waals surface area contributed by atoms with Crippen molar-refractivity contribution in [1.82, 2.24) is 10.2 Å². The molecule has 0 aromatic heterocycles. The molecule has 1 aromatic rings. The van der Waals surface area contributed by atoms with Crippen molar-refractivity contribution in [1.29, 1.82) is 0 Å². The fraction of sp³-hybridized carbons (Fsp3) is 0.500. The van der Waals surface area contributed by atoms with Crippen molar-refractivity contribution in [3.63, 3.8) is 0 Å². The van der Waals surface area contributed by atoms with Crippen molar-refractivity contribution in [2.24, 2.45) is 0 Å². The minimum atomic E-state index is -1.03. The Morgan fingerprint density at radius 1 is 1.18 bits per heavy atom. The van der Waals surface area contributed by atoms with E-state index in [0.29, 0.717) is 13.1 Å². The van der Waals surface area contributed by atoms with Crippen LogP contribution < -0.4 is 10.2 Å². The Hall–Kier alpha value is -2.24. The van der Waals surface area contributed by atoms with Crippen molar-refractivity contribution in [2.75, 3.05) is 31.1 Å². The van der Waals surface area contributed by atoms with Crippen LogP contribution in [-0.2, 0) is 4.79 Å². The van der Waals surface area contributed by atoms with Gasteiger partial charge in [-0.05, 0) is 38.0 Å². The van der Waals surface area contributed by atoms with Crippen LogP contribution in [0.1, 0.15) is 18.1 Å². The van der Waals surface area contributed by atoms with Crippen molar-refractivity contribution in [2.45, 2.75) is 26.8 Å². The van der Waals surface area contributed by atoms with Crippen molar-refractivity contribution >= 4 is 17.7 Å². The molecule has 1 aliphatic rings. The highest BCUT2D eigenvalue weighted by atomic mass is 16.4. The van der Waals surface area contributed by atoms with Gasteiger partial charge in [0, 0.05) is 31.9 Å². The third-order valence-electron chi connectivity index (χ3n) is 4.19. The molecule has 1 fully saturated rings. The summed E-state index contributed by atoms with van der Waals surface area (Å²) < 4.78 is 0. The topological polar surface area (TPSA) is 72.9 Å². The predicted molar refractivity (Wildman–Crippen MR) is 85.3 cm³/mol. The SMILES string of the molecule is Cc1cccc(N2CCN(C(=O)NC(C)C(=O)O)CC2)c1C. The lowest BCUT2D eigenvalue weighted by atomic mass is 10.1. The Labute approximate surface area is 130 Å². The van der Waals surface area contributed by atoms with Crippen molar-refractivity contribution in [3.8, 4) is 0 Å². The lowest BCUT2D eigenvalue weighted by molar-refractivity contribution is -0.138. The number of carbonyl (C=O) groups excluding carboxylic acids is 1. The Kier molecular flexibility index (Phi) is 4.90. The summed E-state index contributed by atoms with van der Waals surface area (Å²) in [7, 11) is 0. The van der Waals surface area contributed by atoms with Crippen LogP contribution in [-0.4, -0.2) is 54.2 Å². The normalized spacial score (nSPS) is 16.3. The number of carboxylic acids is 1.